The van der Waals surface area contributed by atoms with Crippen LogP contribution in [-0.2, 0) is 14.3 Å². The highest BCUT2D eigenvalue weighted by Crippen LogP contribution is 2.32. The highest BCUT2D eigenvalue weighted by molar-refractivity contribution is 6.12. The van der Waals surface area contributed by atoms with Crippen LogP contribution >= 0.6 is 0 Å². The van der Waals surface area contributed by atoms with E-state index in [1.807, 2.05) is 19.1 Å². The number of hydrogen-bond donors (Lipinski definition) is 1. The molecule has 0 aromatic heterocycles. The number of amides is 3. The number of fused-ring (bicyclic) bond motifs is 2. The Labute approximate surface area is 158 Å². The SMILES string of the molecule is Cc1ccc2c(c1)C(=O)N1CCC[C@@H]1C(=O)N2CC(=O)NC[C@H]1CCCO1. The lowest BCUT2D eigenvalue weighted by Gasteiger charge is -2.25. The third kappa shape index (κ3) is 3.43. The molecule has 7 heteroatoms. The topological polar surface area (TPSA) is 79.0 Å². The number of carbonyl (C=O) groups excluding carboxylic acids is 3. The zero-order valence-corrected chi connectivity index (χ0v) is 15.6. The quantitative estimate of drug-likeness (QED) is 0.864. The van der Waals surface area contributed by atoms with Crippen LogP contribution in [0, 0.1) is 6.92 Å². The number of benzene rings is 1. The van der Waals surface area contributed by atoms with Gasteiger partial charge in [0.1, 0.15) is 12.6 Å². The van der Waals surface area contributed by atoms with Crippen molar-refractivity contribution in [2.45, 2.75) is 44.8 Å². The second kappa shape index (κ2) is 7.31. The lowest BCUT2D eigenvalue weighted by atomic mass is 10.1. The van der Waals surface area contributed by atoms with Gasteiger partial charge < -0.3 is 19.9 Å². The van der Waals surface area contributed by atoms with Gasteiger partial charge in [0.25, 0.3) is 5.91 Å². The highest BCUT2D eigenvalue weighted by Gasteiger charge is 2.42. The van der Waals surface area contributed by atoms with Crippen LogP contribution in [0.15, 0.2) is 18.2 Å². The molecule has 0 aliphatic carbocycles. The Kier molecular flexibility index (Phi) is 4.86. The van der Waals surface area contributed by atoms with Crippen molar-refractivity contribution in [3.05, 3.63) is 29.3 Å². The van der Waals surface area contributed by atoms with E-state index >= 15 is 0 Å². The Hall–Kier alpha value is -2.41. The van der Waals surface area contributed by atoms with Crippen molar-refractivity contribution in [3.8, 4) is 0 Å². The monoisotopic (exact) mass is 371 g/mol. The zero-order chi connectivity index (χ0) is 19.0. The fraction of sp³-hybridized carbons (Fsp3) is 0.550. The molecule has 4 rings (SSSR count). The standard InChI is InChI=1S/C20H25N3O4/c1-13-6-7-16-15(10-13)19(25)22-8-2-5-17(22)20(26)23(16)12-18(24)21-11-14-4-3-9-27-14/h6-7,10,14,17H,2-5,8-9,11-12H2,1H3,(H,21,24)/t14-,17-/m1/s1. The fourth-order valence-corrected chi connectivity index (χ4v) is 4.17. The molecule has 1 aromatic rings. The van der Waals surface area contributed by atoms with Gasteiger partial charge in [-0.15, -0.1) is 0 Å². The summed E-state index contributed by atoms with van der Waals surface area (Å²) in [6.45, 7) is 3.61. The summed E-state index contributed by atoms with van der Waals surface area (Å²) in [4.78, 5) is 41.8. The number of nitrogens with one attached hydrogen (secondary N) is 1. The predicted octanol–water partition coefficient (Wildman–Crippen LogP) is 1.24. The Morgan fingerprint density at radius 3 is 2.89 bits per heavy atom. The summed E-state index contributed by atoms with van der Waals surface area (Å²) in [6, 6.07) is 4.97. The fourth-order valence-electron chi connectivity index (χ4n) is 4.17. The average Bonchev–Trinajstić information content (AvgIpc) is 3.33. The van der Waals surface area contributed by atoms with E-state index in [0.29, 0.717) is 30.8 Å². The normalized spacial score (nSPS) is 24.6. The second-order valence-corrected chi connectivity index (χ2v) is 7.54. The van der Waals surface area contributed by atoms with Crippen LogP contribution in [0.1, 0.15) is 41.6 Å². The van der Waals surface area contributed by atoms with Crippen LogP contribution in [-0.4, -0.2) is 61.0 Å². The molecule has 3 heterocycles. The van der Waals surface area contributed by atoms with Gasteiger partial charge in [0, 0.05) is 19.7 Å². The van der Waals surface area contributed by atoms with Crippen molar-refractivity contribution < 1.29 is 19.1 Å². The number of anilines is 1. The van der Waals surface area contributed by atoms with Gasteiger partial charge in [-0.1, -0.05) is 11.6 Å². The zero-order valence-electron chi connectivity index (χ0n) is 15.6. The molecular weight excluding hydrogens is 346 g/mol. The van der Waals surface area contributed by atoms with Gasteiger partial charge in [0.05, 0.1) is 17.4 Å². The molecule has 2 fully saturated rings. The molecule has 3 amide bonds. The van der Waals surface area contributed by atoms with E-state index in [-0.39, 0.29) is 30.4 Å². The molecule has 2 saturated heterocycles. The van der Waals surface area contributed by atoms with Gasteiger partial charge in [-0.05, 0) is 44.7 Å². The molecular formula is C20H25N3O4. The lowest BCUT2D eigenvalue weighted by Crippen LogP contribution is -2.48. The van der Waals surface area contributed by atoms with Crippen LogP contribution in [0.2, 0.25) is 0 Å². The van der Waals surface area contributed by atoms with E-state index in [4.69, 9.17) is 4.74 Å². The summed E-state index contributed by atoms with van der Waals surface area (Å²) < 4.78 is 5.53. The summed E-state index contributed by atoms with van der Waals surface area (Å²) in [7, 11) is 0. The van der Waals surface area contributed by atoms with Crippen LogP contribution in [0.3, 0.4) is 0 Å². The van der Waals surface area contributed by atoms with Gasteiger partial charge in [0.15, 0.2) is 0 Å². The van der Waals surface area contributed by atoms with Gasteiger partial charge in [0.2, 0.25) is 11.8 Å². The molecule has 0 spiro atoms. The lowest BCUT2D eigenvalue weighted by molar-refractivity contribution is -0.125. The molecule has 27 heavy (non-hydrogen) atoms. The number of aryl methyl sites for hydroxylation is 1. The molecule has 2 atom stereocenters. The summed E-state index contributed by atoms with van der Waals surface area (Å²) >= 11 is 0. The third-order valence-corrected chi connectivity index (χ3v) is 5.59. The van der Waals surface area contributed by atoms with Crippen LogP contribution in [0.4, 0.5) is 5.69 Å². The Bertz CT molecular complexity index is 772. The van der Waals surface area contributed by atoms with Crippen LogP contribution in [0.5, 0.6) is 0 Å². The van der Waals surface area contributed by atoms with E-state index in [0.717, 1.165) is 31.4 Å². The first kappa shape index (κ1) is 18.0. The minimum Gasteiger partial charge on any atom is -0.376 e. The molecule has 144 valence electrons. The van der Waals surface area contributed by atoms with Crippen LogP contribution in [0.25, 0.3) is 0 Å². The highest BCUT2D eigenvalue weighted by atomic mass is 16.5. The molecule has 3 aliphatic rings. The summed E-state index contributed by atoms with van der Waals surface area (Å²) in [5.74, 6) is -0.521. The number of rotatable bonds is 4. The van der Waals surface area contributed by atoms with E-state index in [1.54, 1.807) is 11.0 Å². The molecule has 0 unspecified atom stereocenters. The van der Waals surface area contributed by atoms with Gasteiger partial charge in [-0.25, -0.2) is 0 Å². The molecule has 0 radical (unpaired) electrons. The minimum absolute atomic E-state index is 0.0515. The average molecular weight is 371 g/mol. The molecule has 0 saturated carbocycles. The first-order valence-corrected chi connectivity index (χ1v) is 9.66. The van der Waals surface area contributed by atoms with Gasteiger partial charge in [-0.3, -0.25) is 14.4 Å². The number of carbonyl (C=O) groups is 3. The summed E-state index contributed by atoms with van der Waals surface area (Å²) in [5.41, 5.74) is 1.98. The van der Waals surface area contributed by atoms with E-state index in [2.05, 4.69) is 5.32 Å². The van der Waals surface area contributed by atoms with E-state index in [9.17, 15) is 14.4 Å². The summed E-state index contributed by atoms with van der Waals surface area (Å²) in [6.07, 6.45) is 3.46. The Balaban J connectivity index is 1.57. The number of ether oxygens (including phenoxy) is 1. The van der Waals surface area contributed by atoms with Crippen molar-refractivity contribution in [1.29, 1.82) is 0 Å². The summed E-state index contributed by atoms with van der Waals surface area (Å²) in [5, 5.41) is 2.87. The first-order valence-electron chi connectivity index (χ1n) is 9.66. The van der Waals surface area contributed by atoms with Crippen molar-refractivity contribution in [1.82, 2.24) is 10.2 Å². The minimum atomic E-state index is -0.476. The maximum absolute atomic E-state index is 13.1. The Morgan fingerprint density at radius 2 is 2.11 bits per heavy atom. The maximum Gasteiger partial charge on any atom is 0.256 e. The van der Waals surface area contributed by atoms with Crippen molar-refractivity contribution >= 4 is 23.4 Å². The second-order valence-electron chi connectivity index (χ2n) is 7.54. The molecule has 1 aromatic carbocycles. The number of hydrogen-bond acceptors (Lipinski definition) is 4. The Morgan fingerprint density at radius 1 is 1.26 bits per heavy atom. The third-order valence-electron chi connectivity index (χ3n) is 5.59. The predicted molar refractivity (Wildman–Crippen MR) is 99.6 cm³/mol. The van der Waals surface area contributed by atoms with Crippen molar-refractivity contribution in [2.75, 3.05) is 31.1 Å². The molecule has 0 bridgehead atoms. The molecule has 1 N–H and O–H groups in total. The first-order chi connectivity index (χ1) is 13.0. The van der Waals surface area contributed by atoms with Gasteiger partial charge in [-0.2, -0.15) is 0 Å². The van der Waals surface area contributed by atoms with E-state index < -0.39 is 6.04 Å². The smallest absolute Gasteiger partial charge is 0.256 e. The molecule has 7 nitrogen and oxygen atoms in total. The van der Waals surface area contributed by atoms with Crippen molar-refractivity contribution in [3.63, 3.8) is 0 Å². The number of nitrogens with zero attached hydrogens (tertiary/aromatic N) is 2. The molecule has 3 aliphatic heterocycles. The van der Waals surface area contributed by atoms with E-state index in [1.165, 1.54) is 4.90 Å². The van der Waals surface area contributed by atoms with Crippen molar-refractivity contribution in [2.24, 2.45) is 0 Å². The maximum atomic E-state index is 13.1. The van der Waals surface area contributed by atoms with Gasteiger partial charge >= 0.3 is 0 Å². The largest absolute Gasteiger partial charge is 0.376 e. The van der Waals surface area contributed by atoms with Crippen LogP contribution < -0.4 is 10.2 Å².